The quantitative estimate of drug-likeness (QED) is 0.609. The van der Waals surface area contributed by atoms with Gasteiger partial charge in [0.05, 0.1) is 12.2 Å². The van der Waals surface area contributed by atoms with Gasteiger partial charge in [0.2, 0.25) is 0 Å². The topological polar surface area (TPSA) is 27.0 Å². The summed E-state index contributed by atoms with van der Waals surface area (Å²) < 4.78 is 0. The summed E-state index contributed by atoms with van der Waals surface area (Å²) in [6, 6.07) is 15.6. The molecule has 3 heteroatoms. The number of rotatable bonds is 4. The molecule has 0 N–H and O–H groups in total. The number of hydrogen-bond acceptors (Lipinski definition) is 2. The molecule has 19 heavy (non-hydrogen) atoms. The van der Waals surface area contributed by atoms with Crippen LogP contribution in [0.4, 0.5) is 5.69 Å². The molecule has 96 valence electrons. The third-order valence-corrected chi connectivity index (χ3v) is 3.44. The van der Waals surface area contributed by atoms with Crippen molar-refractivity contribution in [3.05, 3.63) is 64.7 Å². The monoisotopic (exact) mass is 270 g/mol. The second-order valence-corrected chi connectivity index (χ2v) is 4.67. The van der Waals surface area contributed by atoms with Gasteiger partial charge >= 0.3 is 0 Å². The number of hydrogen-bond donors (Lipinski definition) is 0. The molecule has 0 atom stereocenters. The highest BCUT2D eigenvalue weighted by Crippen LogP contribution is 2.24. The zero-order valence-electron chi connectivity index (χ0n) is 10.8. The predicted molar refractivity (Wildman–Crippen MR) is 79.1 cm³/mol. The van der Waals surface area contributed by atoms with Crippen LogP contribution < -0.4 is 4.90 Å². The van der Waals surface area contributed by atoms with Gasteiger partial charge in [-0.2, -0.15) is 5.26 Å². The van der Waals surface area contributed by atoms with Crippen molar-refractivity contribution in [3.63, 3.8) is 0 Å². The van der Waals surface area contributed by atoms with E-state index in [1.807, 2.05) is 48.5 Å². The van der Waals surface area contributed by atoms with Crippen LogP contribution in [-0.2, 0) is 13.0 Å². The van der Waals surface area contributed by atoms with Gasteiger partial charge in [-0.15, -0.1) is 0 Å². The molecule has 2 rings (SSSR count). The number of para-hydroxylation sites is 1. The Labute approximate surface area is 118 Å². The molecule has 2 aromatic carbocycles. The fourth-order valence-electron chi connectivity index (χ4n) is 2.04. The Balaban J connectivity index is 2.31. The van der Waals surface area contributed by atoms with Crippen LogP contribution in [0.25, 0.3) is 0 Å². The van der Waals surface area contributed by atoms with Crippen LogP contribution >= 0.6 is 11.6 Å². The highest BCUT2D eigenvalue weighted by Gasteiger charge is 2.11. The van der Waals surface area contributed by atoms with Gasteiger partial charge in [0, 0.05) is 5.02 Å². The Bertz CT molecular complexity index is 602. The van der Waals surface area contributed by atoms with Gasteiger partial charge in [0.15, 0.2) is 6.19 Å². The van der Waals surface area contributed by atoms with E-state index in [1.165, 1.54) is 0 Å². The highest BCUT2D eigenvalue weighted by atomic mass is 35.5. The van der Waals surface area contributed by atoms with Crippen LogP contribution in [-0.4, -0.2) is 0 Å². The molecule has 0 heterocycles. The van der Waals surface area contributed by atoms with Crippen molar-refractivity contribution in [2.45, 2.75) is 19.9 Å². The van der Waals surface area contributed by atoms with E-state index < -0.39 is 0 Å². The third-order valence-electron chi connectivity index (χ3n) is 3.07. The molecule has 0 bridgehead atoms. The van der Waals surface area contributed by atoms with E-state index in [2.05, 4.69) is 13.1 Å². The molecule has 2 aromatic rings. The normalized spacial score (nSPS) is 9.95. The Kier molecular flexibility index (Phi) is 4.43. The zero-order chi connectivity index (χ0) is 13.7. The number of benzene rings is 2. The van der Waals surface area contributed by atoms with Crippen LogP contribution in [0.5, 0.6) is 0 Å². The molecule has 0 aliphatic rings. The maximum absolute atomic E-state index is 9.38. The van der Waals surface area contributed by atoms with E-state index in [1.54, 1.807) is 4.90 Å². The molecule has 0 spiro atoms. The minimum atomic E-state index is 0.493. The minimum absolute atomic E-state index is 0.493. The van der Waals surface area contributed by atoms with Crippen molar-refractivity contribution in [1.82, 2.24) is 0 Å². The van der Waals surface area contributed by atoms with Crippen LogP contribution in [0.3, 0.4) is 0 Å². The zero-order valence-corrected chi connectivity index (χ0v) is 11.6. The summed E-state index contributed by atoms with van der Waals surface area (Å²) in [7, 11) is 0. The van der Waals surface area contributed by atoms with Gasteiger partial charge in [0.1, 0.15) is 0 Å². The van der Waals surface area contributed by atoms with E-state index >= 15 is 0 Å². The standard InChI is InChI=1S/C16H15ClN2/c1-2-13-7-4-6-10-16(13)19(12-18)11-14-8-3-5-9-15(14)17/h3-10H,2,11H2,1H3. The summed E-state index contributed by atoms with van der Waals surface area (Å²) in [4.78, 5) is 1.68. The summed E-state index contributed by atoms with van der Waals surface area (Å²) in [6.07, 6.45) is 3.14. The summed E-state index contributed by atoms with van der Waals surface area (Å²) >= 11 is 6.15. The number of anilines is 1. The Morgan fingerprint density at radius 2 is 1.68 bits per heavy atom. The van der Waals surface area contributed by atoms with Crippen molar-refractivity contribution in [3.8, 4) is 6.19 Å². The molecule has 0 fully saturated rings. The number of halogens is 1. The number of nitrogens with zero attached hydrogens (tertiary/aromatic N) is 2. The first-order valence-electron chi connectivity index (χ1n) is 6.24. The fourth-order valence-corrected chi connectivity index (χ4v) is 2.24. The molecule has 0 radical (unpaired) electrons. The maximum Gasteiger partial charge on any atom is 0.184 e. The van der Waals surface area contributed by atoms with Gasteiger partial charge in [0.25, 0.3) is 0 Å². The fraction of sp³-hybridized carbons (Fsp3) is 0.188. The first-order chi connectivity index (χ1) is 9.26. The largest absolute Gasteiger partial charge is 0.275 e. The van der Waals surface area contributed by atoms with Crippen LogP contribution in [0.1, 0.15) is 18.1 Å². The smallest absolute Gasteiger partial charge is 0.184 e. The molecule has 0 aromatic heterocycles. The average molecular weight is 271 g/mol. The van der Waals surface area contributed by atoms with Gasteiger partial charge in [-0.3, -0.25) is 4.90 Å². The van der Waals surface area contributed by atoms with Crippen LogP contribution in [0.15, 0.2) is 48.5 Å². The van der Waals surface area contributed by atoms with Crippen LogP contribution in [0.2, 0.25) is 5.02 Å². The van der Waals surface area contributed by atoms with Crippen LogP contribution in [0, 0.1) is 11.5 Å². The lowest BCUT2D eigenvalue weighted by Crippen LogP contribution is -2.17. The lowest BCUT2D eigenvalue weighted by atomic mass is 10.1. The van der Waals surface area contributed by atoms with Gasteiger partial charge in [-0.1, -0.05) is 54.9 Å². The van der Waals surface area contributed by atoms with E-state index in [9.17, 15) is 5.26 Å². The second-order valence-electron chi connectivity index (χ2n) is 4.26. The van der Waals surface area contributed by atoms with Gasteiger partial charge in [-0.05, 0) is 29.7 Å². The molecule has 2 nitrogen and oxygen atoms in total. The van der Waals surface area contributed by atoms with Crippen molar-refractivity contribution in [2.24, 2.45) is 0 Å². The predicted octanol–water partition coefficient (Wildman–Crippen LogP) is 4.39. The Morgan fingerprint density at radius 3 is 2.32 bits per heavy atom. The Hall–Kier alpha value is -1.98. The van der Waals surface area contributed by atoms with Crippen molar-refractivity contribution >= 4 is 17.3 Å². The summed E-state index contributed by atoms with van der Waals surface area (Å²) in [5, 5.41) is 10.1. The molecule has 0 aliphatic heterocycles. The first-order valence-corrected chi connectivity index (χ1v) is 6.62. The number of nitriles is 1. The third kappa shape index (κ3) is 3.07. The van der Waals surface area contributed by atoms with Gasteiger partial charge < -0.3 is 0 Å². The summed E-state index contributed by atoms with van der Waals surface area (Å²) in [5.41, 5.74) is 3.07. The molecule has 0 saturated carbocycles. The van der Waals surface area contributed by atoms with Crippen molar-refractivity contribution in [1.29, 1.82) is 5.26 Å². The van der Waals surface area contributed by atoms with E-state index in [0.29, 0.717) is 11.6 Å². The van der Waals surface area contributed by atoms with Crippen molar-refractivity contribution in [2.75, 3.05) is 4.90 Å². The van der Waals surface area contributed by atoms with E-state index in [4.69, 9.17) is 11.6 Å². The average Bonchev–Trinajstić information content (AvgIpc) is 2.46. The second kappa shape index (κ2) is 6.26. The molecular formula is C16H15ClN2. The molecule has 0 amide bonds. The highest BCUT2D eigenvalue weighted by molar-refractivity contribution is 6.31. The van der Waals surface area contributed by atoms with Gasteiger partial charge in [-0.25, -0.2) is 0 Å². The molecular weight excluding hydrogens is 256 g/mol. The number of aryl methyl sites for hydroxylation is 1. The molecule has 0 unspecified atom stereocenters. The maximum atomic E-state index is 9.38. The van der Waals surface area contributed by atoms with Crippen molar-refractivity contribution < 1.29 is 0 Å². The lowest BCUT2D eigenvalue weighted by Gasteiger charge is -2.19. The minimum Gasteiger partial charge on any atom is -0.275 e. The summed E-state index contributed by atoms with van der Waals surface area (Å²) in [6.45, 7) is 2.58. The van der Waals surface area contributed by atoms with E-state index in [0.717, 1.165) is 23.2 Å². The van der Waals surface area contributed by atoms with E-state index in [-0.39, 0.29) is 0 Å². The SMILES string of the molecule is CCc1ccccc1N(C#N)Cc1ccccc1Cl. The summed E-state index contributed by atoms with van der Waals surface area (Å²) in [5.74, 6) is 0. The molecule has 0 aliphatic carbocycles. The Morgan fingerprint density at radius 1 is 1.05 bits per heavy atom. The lowest BCUT2D eigenvalue weighted by molar-refractivity contribution is 0.959. The molecule has 0 saturated heterocycles. The first kappa shape index (κ1) is 13.5.